The topological polar surface area (TPSA) is 104 Å². The molecule has 1 unspecified atom stereocenters. The van der Waals surface area contributed by atoms with Crippen LogP contribution in [0.3, 0.4) is 0 Å². The number of carbonyl (C=O) groups excluding carboxylic acids is 1. The van der Waals surface area contributed by atoms with E-state index in [0.29, 0.717) is 5.56 Å². The first-order valence-electron chi connectivity index (χ1n) is 11.5. The molecule has 39 heavy (non-hydrogen) atoms. The quantitative estimate of drug-likeness (QED) is 0.231. The summed E-state index contributed by atoms with van der Waals surface area (Å²) in [5, 5.41) is 17.1. The van der Waals surface area contributed by atoms with Crippen molar-refractivity contribution in [2.45, 2.75) is 25.4 Å². The molecular weight excluding hydrogens is 538 g/mol. The Labute approximate surface area is 219 Å². The van der Waals surface area contributed by atoms with Gasteiger partial charge in [0.15, 0.2) is 0 Å². The van der Waals surface area contributed by atoms with E-state index >= 15 is 0 Å². The van der Waals surface area contributed by atoms with Crippen LogP contribution in [0.15, 0.2) is 60.0 Å². The van der Waals surface area contributed by atoms with Crippen molar-refractivity contribution in [1.29, 1.82) is 0 Å². The number of aliphatic hydroxyl groups excluding tert-OH is 1. The predicted molar refractivity (Wildman–Crippen MR) is 125 cm³/mol. The van der Waals surface area contributed by atoms with Crippen LogP contribution < -0.4 is 25.4 Å². The minimum atomic E-state index is -4.92. The zero-order chi connectivity index (χ0) is 28.6. The van der Waals surface area contributed by atoms with Crippen LogP contribution in [0.1, 0.15) is 11.1 Å². The maximum atomic E-state index is 13.1. The third kappa shape index (κ3) is 8.58. The molecule has 0 saturated heterocycles. The normalized spacial score (nSPS) is 15.7. The molecule has 15 heteroatoms. The fourth-order valence-corrected chi connectivity index (χ4v) is 3.58. The number of nitrogens with one attached hydrogen (secondary N) is 3. The van der Waals surface area contributed by atoms with Crippen molar-refractivity contribution in [1.82, 2.24) is 20.9 Å². The molecule has 2 aromatic carbocycles. The number of amides is 1. The molecule has 1 heterocycles. The number of alkyl halides is 6. The van der Waals surface area contributed by atoms with Crippen molar-refractivity contribution >= 4 is 5.91 Å². The number of ether oxygens (including phenoxy) is 3. The molecule has 1 atom stereocenters. The highest BCUT2D eigenvalue weighted by Gasteiger charge is 2.37. The van der Waals surface area contributed by atoms with Crippen LogP contribution in [0.5, 0.6) is 11.5 Å². The molecule has 0 saturated carbocycles. The Balaban J connectivity index is 1.86. The Bertz CT molecular complexity index is 1140. The third-order valence-corrected chi connectivity index (χ3v) is 5.23. The fourth-order valence-electron chi connectivity index (χ4n) is 3.58. The van der Waals surface area contributed by atoms with Gasteiger partial charge in [0, 0.05) is 26.2 Å². The number of nitrogens with zero attached hydrogens (tertiary/aromatic N) is 1. The lowest BCUT2D eigenvalue weighted by Crippen LogP contribution is -2.44. The van der Waals surface area contributed by atoms with Gasteiger partial charge in [0.1, 0.15) is 23.0 Å². The van der Waals surface area contributed by atoms with Gasteiger partial charge < -0.3 is 40.2 Å². The minimum absolute atomic E-state index is 0.0345. The molecule has 9 nitrogen and oxygen atoms in total. The van der Waals surface area contributed by atoms with Crippen LogP contribution in [-0.2, 0) is 22.3 Å². The van der Waals surface area contributed by atoms with Crippen molar-refractivity contribution in [3.63, 3.8) is 0 Å². The maximum Gasteiger partial charge on any atom is 0.573 e. The van der Waals surface area contributed by atoms with Crippen LogP contribution in [0.25, 0.3) is 0 Å². The third-order valence-electron chi connectivity index (χ3n) is 5.23. The lowest BCUT2D eigenvalue weighted by atomic mass is 10.1. The van der Waals surface area contributed by atoms with Crippen LogP contribution in [0, 0.1) is 0 Å². The van der Waals surface area contributed by atoms with Gasteiger partial charge in [-0.3, -0.25) is 4.79 Å². The summed E-state index contributed by atoms with van der Waals surface area (Å²) in [4.78, 5) is 14.5. The summed E-state index contributed by atoms with van der Waals surface area (Å²) in [6, 6.07) is 9.01. The lowest BCUT2D eigenvalue weighted by molar-refractivity contribution is -0.274. The largest absolute Gasteiger partial charge is 0.573 e. The smallest absolute Gasteiger partial charge is 0.452 e. The van der Waals surface area contributed by atoms with Gasteiger partial charge in [0.2, 0.25) is 0 Å². The molecule has 0 aliphatic carbocycles. The summed E-state index contributed by atoms with van der Waals surface area (Å²) in [7, 11) is 1.51. The molecule has 2 aromatic rings. The summed E-state index contributed by atoms with van der Waals surface area (Å²) in [5.74, 6) is -0.967. The highest BCUT2D eigenvalue weighted by atomic mass is 19.4. The van der Waals surface area contributed by atoms with Crippen LogP contribution in [0.4, 0.5) is 26.3 Å². The van der Waals surface area contributed by atoms with Gasteiger partial charge >= 0.3 is 12.5 Å². The molecule has 1 amide bonds. The van der Waals surface area contributed by atoms with Crippen molar-refractivity contribution in [2.24, 2.45) is 0 Å². The van der Waals surface area contributed by atoms with Gasteiger partial charge in [-0.2, -0.15) is 13.2 Å². The van der Waals surface area contributed by atoms with Gasteiger partial charge in [-0.25, -0.2) is 0 Å². The van der Waals surface area contributed by atoms with E-state index in [1.54, 1.807) is 0 Å². The summed E-state index contributed by atoms with van der Waals surface area (Å²) >= 11 is 0. The number of aliphatic hydroxyl groups is 1. The number of hydrogen-bond donors (Lipinski definition) is 4. The standard InChI is InChI=1S/C24H26F6N4O5/c1-31-20-19(21(36)32-9-11-37-12-10-35)34(14-15-5-7-16(8-6-15)23(25,26)27)22(33-20)38-17-3-2-4-18(13-17)39-24(28,29)30/h2-8,13,22,31,33,35H,9-12,14H2,1H3,(H,32,36). The van der Waals surface area contributed by atoms with Gasteiger partial charge in [0.05, 0.1) is 25.4 Å². The maximum absolute atomic E-state index is 13.1. The molecule has 3 rings (SSSR count). The molecule has 214 valence electrons. The van der Waals surface area contributed by atoms with E-state index in [-0.39, 0.29) is 50.2 Å². The summed E-state index contributed by atoms with van der Waals surface area (Å²) < 4.78 is 91.9. The Kier molecular flexibility index (Phi) is 9.75. The zero-order valence-electron chi connectivity index (χ0n) is 20.5. The molecule has 0 radical (unpaired) electrons. The first-order chi connectivity index (χ1) is 18.4. The fraction of sp³-hybridized carbons (Fsp3) is 0.375. The van der Waals surface area contributed by atoms with E-state index in [9.17, 15) is 31.1 Å². The molecular formula is C24H26F6N4O5. The predicted octanol–water partition coefficient (Wildman–Crippen LogP) is 2.89. The average molecular weight is 564 g/mol. The van der Waals surface area contributed by atoms with Gasteiger partial charge in [-0.1, -0.05) is 18.2 Å². The van der Waals surface area contributed by atoms with E-state index < -0.39 is 36.1 Å². The Morgan fingerprint density at radius 3 is 2.36 bits per heavy atom. The Morgan fingerprint density at radius 2 is 1.74 bits per heavy atom. The monoisotopic (exact) mass is 564 g/mol. The summed E-state index contributed by atoms with van der Waals surface area (Å²) in [6.45, 7) is -0.0387. The van der Waals surface area contributed by atoms with Crippen molar-refractivity contribution < 1.29 is 50.5 Å². The molecule has 0 aromatic heterocycles. The Hall–Kier alpha value is -3.85. The molecule has 0 bridgehead atoms. The second-order valence-corrected chi connectivity index (χ2v) is 8.03. The first-order valence-corrected chi connectivity index (χ1v) is 11.5. The Morgan fingerprint density at radius 1 is 1.05 bits per heavy atom. The van der Waals surface area contributed by atoms with E-state index in [1.807, 2.05) is 0 Å². The lowest BCUT2D eigenvalue weighted by Gasteiger charge is -2.28. The van der Waals surface area contributed by atoms with Crippen LogP contribution in [0.2, 0.25) is 0 Å². The second kappa shape index (κ2) is 12.8. The minimum Gasteiger partial charge on any atom is -0.452 e. The average Bonchev–Trinajstić information content (AvgIpc) is 3.19. The van der Waals surface area contributed by atoms with Crippen molar-refractivity contribution in [2.75, 3.05) is 33.4 Å². The van der Waals surface area contributed by atoms with E-state index in [2.05, 4.69) is 20.7 Å². The SMILES string of the molecule is CNC1=C(C(=O)NCCOCCO)N(Cc2ccc(C(F)(F)F)cc2)C(Oc2cccc(OC(F)(F)F)c2)N1. The van der Waals surface area contributed by atoms with Crippen molar-refractivity contribution in [3.8, 4) is 11.5 Å². The van der Waals surface area contributed by atoms with E-state index in [4.69, 9.17) is 14.6 Å². The van der Waals surface area contributed by atoms with E-state index in [1.165, 1.54) is 36.2 Å². The first kappa shape index (κ1) is 29.7. The zero-order valence-corrected chi connectivity index (χ0v) is 20.5. The van der Waals surface area contributed by atoms with Gasteiger partial charge in [0.25, 0.3) is 12.3 Å². The number of hydrogen-bond acceptors (Lipinski definition) is 8. The highest BCUT2D eigenvalue weighted by molar-refractivity contribution is 5.94. The molecule has 1 aliphatic rings. The number of halogens is 6. The molecule has 1 aliphatic heterocycles. The molecule has 0 fully saturated rings. The molecule has 0 spiro atoms. The summed E-state index contributed by atoms with van der Waals surface area (Å²) in [5.41, 5.74) is -0.430. The highest BCUT2D eigenvalue weighted by Crippen LogP contribution is 2.31. The number of benzene rings is 2. The van der Waals surface area contributed by atoms with Crippen LogP contribution >= 0.6 is 0 Å². The molecule has 4 N–H and O–H groups in total. The van der Waals surface area contributed by atoms with Gasteiger partial charge in [-0.15, -0.1) is 13.2 Å². The second-order valence-electron chi connectivity index (χ2n) is 8.03. The van der Waals surface area contributed by atoms with Crippen molar-refractivity contribution in [3.05, 3.63) is 71.2 Å². The summed E-state index contributed by atoms with van der Waals surface area (Å²) in [6.07, 6.45) is -10.6. The number of rotatable bonds is 12. The van der Waals surface area contributed by atoms with Crippen LogP contribution in [-0.4, -0.2) is 62.0 Å². The van der Waals surface area contributed by atoms with Gasteiger partial charge in [-0.05, 0) is 29.8 Å². The van der Waals surface area contributed by atoms with E-state index in [0.717, 1.165) is 24.3 Å². The number of carbonyl (C=O) groups is 1.